The summed E-state index contributed by atoms with van der Waals surface area (Å²) in [5.74, 6) is 4.28. The van der Waals surface area contributed by atoms with Gasteiger partial charge in [-0.25, -0.2) is 15.0 Å². The van der Waals surface area contributed by atoms with E-state index in [1.165, 1.54) is 49.5 Å². The van der Waals surface area contributed by atoms with Crippen LogP contribution in [0.2, 0.25) is 0 Å². The Balaban J connectivity index is 0.982. The van der Waals surface area contributed by atoms with Crippen molar-refractivity contribution < 1.29 is 8.83 Å². The molecule has 12 aromatic rings. The van der Waals surface area contributed by atoms with Crippen molar-refractivity contribution in [2.45, 2.75) is 43.9 Å². The standard InChI is InChI=1S/C65H47N3O2/c1-3-12-42(13-4-1)46-31-47(43-14-5-2-6-15-43)33-49(32-46)62-66-63(54-20-11-19-53-52-18-9-10-21-57(52)69-60(53)54)68-64(67-62)56-35-48(34-55-59-51-17-8-7-16-45(51)24-27-58(59)70-61(55)56)44-22-25-50(26-23-44)65-36-39-28-40(37-65)30-41(29-39)38-65/h1-27,31-35,39-41H,28-30,36-38H2. The van der Waals surface area contributed by atoms with Gasteiger partial charge in [-0.15, -0.1) is 0 Å². The second-order valence-electron chi connectivity index (χ2n) is 20.6. The van der Waals surface area contributed by atoms with Crippen LogP contribution in [0.15, 0.2) is 203 Å². The lowest BCUT2D eigenvalue weighted by Gasteiger charge is -2.57. The van der Waals surface area contributed by atoms with E-state index < -0.39 is 0 Å². The van der Waals surface area contributed by atoms with E-state index in [2.05, 4.69) is 182 Å². The van der Waals surface area contributed by atoms with Gasteiger partial charge in [-0.1, -0.05) is 146 Å². The number of para-hydroxylation sites is 2. The molecule has 0 amide bonds. The third-order valence-corrected chi connectivity index (χ3v) is 16.3. The first kappa shape index (κ1) is 39.8. The van der Waals surface area contributed by atoms with Crippen LogP contribution in [0, 0.1) is 17.8 Å². The van der Waals surface area contributed by atoms with Crippen molar-refractivity contribution in [3.8, 4) is 67.5 Å². The van der Waals surface area contributed by atoms with Gasteiger partial charge in [-0.3, -0.25) is 0 Å². The van der Waals surface area contributed by atoms with Gasteiger partial charge in [-0.05, 0) is 160 Å². The summed E-state index contributed by atoms with van der Waals surface area (Å²) in [6, 6.07) is 69.3. The second kappa shape index (κ2) is 15.4. The first-order valence-electron chi connectivity index (χ1n) is 25.0. The molecular weight excluding hydrogens is 855 g/mol. The van der Waals surface area contributed by atoms with Gasteiger partial charge >= 0.3 is 0 Å². The molecule has 9 aromatic carbocycles. The van der Waals surface area contributed by atoms with Crippen molar-refractivity contribution in [2.75, 3.05) is 0 Å². The first-order chi connectivity index (χ1) is 34.6. The molecule has 0 N–H and O–H groups in total. The topological polar surface area (TPSA) is 65.0 Å². The fourth-order valence-corrected chi connectivity index (χ4v) is 13.5. The van der Waals surface area contributed by atoms with Gasteiger partial charge in [-0.2, -0.15) is 0 Å². The molecule has 3 heterocycles. The summed E-state index contributed by atoms with van der Waals surface area (Å²) in [4.78, 5) is 16.4. The highest BCUT2D eigenvalue weighted by atomic mass is 16.3. The van der Waals surface area contributed by atoms with Crippen LogP contribution in [0.25, 0.3) is 122 Å². The highest BCUT2D eigenvalue weighted by Crippen LogP contribution is 2.61. The van der Waals surface area contributed by atoms with Crippen LogP contribution in [0.5, 0.6) is 0 Å². The van der Waals surface area contributed by atoms with Crippen molar-refractivity contribution in [1.29, 1.82) is 0 Å². The van der Waals surface area contributed by atoms with Gasteiger partial charge < -0.3 is 8.83 Å². The molecule has 3 aromatic heterocycles. The van der Waals surface area contributed by atoms with E-state index in [0.717, 1.165) is 117 Å². The molecule has 4 saturated carbocycles. The molecule has 0 aliphatic heterocycles. The molecule has 0 saturated heterocycles. The van der Waals surface area contributed by atoms with Crippen LogP contribution >= 0.6 is 0 Å². The lowest BCUT2D eigenvalue weighted by molar-refractivity contribution is -0.00518. The third kappa shape index (κ3) is 6.41. The van der Waals surface area contributed by atoms with Crippen molar-refractivity contribution in [2.24, 2.45) is 17.8 Å². The number of benzene rings is 9. The molecule has 5 heteroatoms. The van der Waals surface area contributed by atoms with E-state index in [1.807, 2.05) is 12.1 Å². The number of fused-ring (bicyclic) bond motifs is 8. The molecule has 0 unspecified atom stereocenters. The number of furan rings is 2. The smallest absolute Gasteiger partial charge is 0.167 e. The Morgan fingerprint density at radius 3 is 1.61 bits per heavy atom. The minimum atomic E-state index is 0.320. The molecule has 4 fully saturated rings. The van der Waals surface area contributed by atoms with E-state index in [0.29, 0.717) is 22.9 Å². The molecule has 4 aliphatic rings. The summed E-state index contributed by atoms with van der Waals surface area (Å²) in [5, 5.41) is 6.50. The Morgan fingerprint density at radius 2 is 0.900 bits per heavy atom. The lowest BCUT2D eigenvalue weighted by Crippen LogP contribution is -2.48. The van der Waals surface area contributed by atoms with E-state index in [4.69, 9.17) is 23.8 Å². The minimum Gasteiger partial charge on any atom is -0.455 e. The van der Waals surface area contributed by atoms with Gasteiger partial charge in [0.25, 0.3) is 0 Å². The van der Waals surface area contributed by atoms with E-state index >= 15 is 0 Å². The highest BCUT2D eigenvalue weighted by molar-refractivity contribution is 6.21. The molecule has 0 atom stereocenters. The summed E-state index contributed by atoms with van der Waals surface area (Å²) in [6.45, 7) is 0. The molecule has 4 aliphatic carbocycles. The summed E-state index contributed by atoms with van der Waals surface area (Å²) in [6.07, 6.45) is 8.34. The van der Waals surface area contributed by atoms with Crippen LogP contribution in [0.1, 0.15) is 44.1 Å². The van der Waals surface area contributed by atoms with Crippen molar-refractivity contribution >= 4 is 54.6 Å². The Hall–Kier alpha value is -8.15. The van der Waals surface area contributed by atoms with Crippen LogP contribution < -0.4 is 0 Å². The minimum absolute atomic E-state index is 0.320. The molecule has 4 bridgehead atoms. The summed E-state index contributed by atoms with van der Waals surface area (Å²) < 4.78 is 13.7. The maximum atomic E-state index is 7.03. The zero-order valence-electron chi connectivity index (χ0n) is 38.6. The van der Waals surface area contributed by atoms with Gasteiger partial charge in [0, 0.05) is 27.1 Å². The van der Waals surface area contributed by atoms with Crippen LogP contribution in [0.3, 0.4) is 0 Å². The number of nitrogens with zero attached hydrogens (tertiary/aromatic N) is 3. The molecule has 70 heavy (non-hydrogen) atoms. The fourth-order valence-electron chi connectivity index (χ4n) is 13.5. The Bertz CT molecular complexity index is 3940. The Morgan fingerprint density at radius 1 is 0.357 bits per heavy atom. The lowest BCUT2D eigenvalue weighted by atomic mass is 9.48. The average molecular weight is 902 g/mol. The normalized spacial score (nSPS) is 19.6. The van der Waals surface area contributed by atoms with Gasteiger partial charge in [0.05, 0.1) is 11.1 Å². The largest absolute Gasteiger partial charge is 0.455 e. The summed E-state index contributed by atoms with van der Waals surface area (Å²) in [5.41, 5.74) is 14.1. The maximum absolute atomic E-state index is 7.03. The first-order valence-corrected chi connectivity index (χ1v) is 25.0. The second-order valence-corrected chi connectivity index (χ2v) is 20.6. The van der Waals surface area contributed by atoms with Crippen molar-refractivity contribution in [3.63, 3.8) is 0 Å². The van der Waals surface area contributed by atoms with Crippen LogP contribution in [-0.2, 0) is 5.41 Å². The number of hydrogen-bond acceptors (Lipinski definition) is 5. The summed E-state index contributed by atoms with van der Waals surface area (Å²) >= 11 is 0. The van der Waals surface area contributed by atoms with E-state index in [-0.39, 0.29) is 0 Å². The molecule has 16 rings (SSSR count). The average Bonchev–Trinajstić information content (AvgIpc) is 4.00. The monoisotopic (exact) mass is 901 g/mol. The molecule has 5 nitrogen and oxygen atoms in total. The predicted octanol–water partition coefficient (Wildman–Crippen LogP) is 17.3. The van der Waals surface area contributed by atoms with E-state index in [1.54, 1.807) is 0 Å². The number of rotatable bonds is 7. The zero-order valence-corrected chi connectivity index (χ0v) is 38.6. The van der Waals surface area contributed by atoms with Gasteiger partial charge in [0.2, 0.25) is 0 Å². The van der Waals surface area contributed by atoms with Crippen molar-refractivity contribution in [1.82, 2.24) is 15.0 Å². The third-order valence-electron chi connectivity index (χ3n) is 16.3. The molecule has 0 radical (unpaired) electrons. The fraction of sp³-hybridized carbons (Fsp3) is 0.154. The van der Waals surface area contributed by atoms with Gasteiger partial charge in [0.15, 0.2) is 17.5 Å². The van der Waals surface area contributed by atoms with Crippen LogP contribution in [0.4, 0.5) is 0 Å². The predicted molar refractivity (Wildman–Crippen MR) is 284 cm³/mol. The van der Waals surface area contributed by atoms with Gasteiger partial charge in [0.1, 0.15) is 22.3 Å². The van der Waals surface area contributed by atoms with Crippen LogP contribution in [-0.4, -0.2) is 15.0 Å². The van der Waals surface area contributed by atoms with E-state index in [9.17, 15) is 0 Å². The molecule has 334 valence electrons. The zero-order chi connectivity index (χ0) is 45.9. The number of aromatic nitrogens is 3. The summed E-state index contributed by atoms with van der Waals surface area (Å²) in [7, 11) is 0. The maximum Gasteiger partial charge on any atom is 0.167 e. The SMILES string of the molecule is c1ccc(-c2cc(-c3ccccc3)cc(-c3nc(-c4cccc5c4oc4ccccc45)nc(-c4cc(-c5ccc(C67CC8CC(CC(C8)C6)C7)cc5)cc5c4oc4ccc6ccccc6c45)n3)c2)cc1. The Labute approximate surface area is 405 Å². The quantitative estimate of drug-likeness (QED) is 0.159. The van der Waals surface area contributed by atoms with Crippen molar-refractivity contribution in [3.05, 3.63) is 200 Å². The molecular formula is C65H47N3O2. The number of hydrogen-bond donors (Lipinski definition) is 0. The molecule has 0 spiro atoms. The Kier molecular flexibility index (Phi) is 8.77. The highest BCUT2D eigenvalue weighted by Gasteiger charge is 2.51.